The molecule has 16 heavy (non-hydrogen) atoms. The second kappa shape index (κ2) is 3.88. The van der Waals surface area contributed by atoms with Crippen LogP contribution in [-0.2, 0) is 11.8 Å². The molecule has 1 fully saturated rings. The fourth-order valence-corrected chi connectivity index (χ4v) is 1.76. The van der Waals surface area contributed by atoms with E-state index in [0.29, 0.717) is 21.5 Å². The molecule has 0 unspecified atom stereocenters. The predicted octanol–water partition coefficient (Wildman–Crippen LogP) is 0.761. The van der Waals surface area contributed by atoms with Crippen molar-refractivity contribution in [2.75, 3.05) is 7.05 Å². The molecule has 7 heteroatoms. The molecular weight excluding hydrogens is 248 g/mol. The zero-order chi connectivity index (χ0) is 11.9. The average Bonchev–Trinajstić information content (AvgIpc) is 2.67. The van der Waals surface area contributed by atoms with Gasteiger partial charge < -0.3 is 5.32 Å². The van der Waals surface area contributed by atoms with Crippen LogP contribution in [0.4, 0.5) is 0 Å². The molecule has 1 aromatic rings. The van der Waals surface area contributed by atoms with Crippen molar-refractivity contribution in [2.45, 2.75) is 0 Å². The van der Waals surface area contributed by atoms with E-state index in [2.05, 4.69) is 10.4 Å². The van der Waals surface area contributed by atoms with Gasteiger partial charge in [-0.1, -0.05) is 11.6 Å². The van der Waals surface area contributed by atoms with Crippen LogP contribution in [-0.4, -0.2) is 32.7 Å². The number of nitrogens with one attached hydrogen (secondary N) is 1. The molecule has 0 aliphatic carbocycles. The number of carbonyl (C=O) groups is 1. The summed E-state index contributed by atoms with van der Waals surface area (Å²) in [6.07, 6.45) is 3.16. The quantitative estimate of drug-likeness (QED) is 0.595. The Morgan fingerprint density at radius 2 is 2.25 bits per heavy atom. The van der Waals surface area contributed by atoms with Gasteiger partial charge in [-0.3, -0.25) is 14.4 Å². The number of amides is 1. The molecule has 0 radical (unpaired) electrons. The Morgan fingerprint density at radius 1 is 1.56 bits per heavy atom. The van der Waals surface area contributed by atoms with Crippen LogP contribution >= 0.6 is 23.8 Å². The number of carbonyl (C=O) groups excluding carboxylic acids is 1. The Labute approximate surface area is 103 Å². The zero-order valence-corrected chi connectivity index (χ0v) is 10.3. The van der Waals surface area contributed by atoms with Gasteiger partial charge in [0.25, 0.3) is 5.91 Å². The lowest BCUT2D eigenvalue weighted by molar-refractivity contribution is -0.121. The number of rotatable bonds is 1. The Morgan fingerprint density at radius 3 is 2.69 bits per heavy atom. The lowest BCUT2D eigenvalue weighted by Gasteiger charge is -2.02. The van der Waals surface area contributed by atoms with Crippen LogP contribution in [0.3, 0.4) is 0 Å². The first-order valence-corrected chi connectivity index (χ1v) is 5.27. The van der Waals surface area contributed by atoms with Gasteiger partial charge in [-0.05, 0) is 18.3 Å². The third-order valence-corrected chi connectivity index (χ3v) is 2.97. The van der Waals surface area contributed by atoms with E-state index in [-0.39, 0.29) is 5.91 Å². The van der Waals surface area contributed by atoms with Crippen molar-refractivity contribution >= 4 is 40.9 Å². The van der Waals surface area contributed by atoms with Crippen LogP contribution in [0.5, 0.6) is 0 Å². The molecule has 0 spiro atoms. The van der Waals surface area contributed by atoms with E-state index in [1.165, 1.54) is 11.1 Å². The Bertz CT molecular complexity index is 488. The van der Waals surface area contributed by atoms with Crippen molar-refractivity contribution in [3.05, 3.63) is 22.6 Å². The fraction of sp³-hybridized carbons (Fsp3) is 0.222. The molecule has 0 bridgehead atoms. The van der Waals surface area contributed by atoms with Crippen LogP contribution in [0.15, 0.2) is 11.9 Å². The van der Waals surface area contributed by atoms with E-state index in [1.807, 2.05) is 0 Å². The summed E-state index contributed by atoms with van der Waals surface area (Å²) >= 11 is 10.9. The monoisotopic (exact) mass is 256 g/mol. The number of likely N-dealkylation sites (N-methyl/N-ethyl adjacent to an activating group) is 1. The summed E-state index contributed by atoms with van der Waals surface area (Å²) in [7, 11) is 3.36. The van der Waals surface area contributed by atoms with E-state index >= 15 is 0 Å². The second-order valence-corrected chi connectivity index (χ2v) is 4.15. The maximum atomic E-state index is 11.7. The second-order valence-electron chi connectivity index (χ2n) is 3.35. The Kier molecular flexibility index (Phi) is 2.69. The first kappa shape index (κ1) is 11.1. The summed E-state index contributed by atoms with van der Waals surface area (Å²) in [5.41, 5.74) is 1.06. The third kappa shape index (κ3) is 1.70. The number of halogens is 1. The maximum absolute atomic E-state index is 11.7. The van der Waals surface area contributed by atoms with Crippen LogP contribution < -0.4 is 5.32 Å². The highest BCUT2D eigenvalue weighted by atomic mass is 35.5. The largest absolute Gasteiger partial charge is 0.328 e. The van der Waals surface area contributed by atoms with E-state index in [1.54, 1.807) is 24.9 Å². The van der Waals surface area contributed by atoms with Crippen LogP contribution in [0, 0.1) is 0 Å². The topological polar surface area (TPSA) is 50.2 Å². The minimum Gasteiger partial charge on any atom is -0.328 e. The minimum atomic E-state index is -0.178. The number of nitrogens with zero attached hydrogens (tertiary/aromatic N) is 3. The molecule has 0 atom stereocenters. The molecule has 0 saturated carbocycles. The van der Waals surface area contributed by atoms with Gasteiger partial charge in [0.15, 0.2) is 5.11 Å². The molecular formula is C9H9ClN4OS. The number of thiocarbonyl (C=S) groups is 1. The minimum absolute atomic E-state index is 0.178. The van der Waals surface area contributed by atoms with Gasteiger partial charge in [-0.2, -0.15) is 5.10 Å². The third-order valence-electron chi connectivity index (χ3n) is 2.30. The summed E-state index contributed by atoms with van der Waals surface area (Å²) in [5, 5.41) is 7.67. The first-order chi connectivity index (χ1) is 7.50. The Balaban J connectivity index is 2.40. The molecule has 1 aliphatic rings. The van der Waals surface area contributed by atoms with Crippen molar-refractivity contribution in [1.29, 1.82) is 0 Å². The molecule has 2 rings (SSSR count). The van der Waals surface area contributed by atoms with Gasteiger partial charge in [0.05, 0.1) is 16.9 Å². The number of hydrogen-bond donors (Lipinski definition) is 1. The average molecular weight is 257 g/mol. The van der Waals surface area contributed by atoms with Crippen molar-refractivity contribution in [2.24, 2.45) is 7.05 Å². The van der Waals surface area contributed by atoms with Gasteiger partial charge in [0.1, 0.15) is 5.70 Å². The van der Waals surface area contributed by atoms with Crippen LogP contribution in [0.2, 0.25) is 5.02 Å². The molecule has 1 saturated heterocycles. The highest BCUT2D eigenvalue weighted by Gasteiger charge is 2.27. The van der Waals surface area contributed by atoms with Crippen molar-refractivity contribution < 1.29 is 4.79 Å². The fourth-order valence-electron chi connectivity index (χ4n) is 1.34. The summed E-state index contributed by atoms with van der Waals surface area (Å²) in [6.45, 7) is 0. The lowest BCUT2D eigenvalue weighted by Crippen LogP contribution is -2.25. The van der Waals surface area contributed by atoms with Crippen molar-refractivity contribution in [1.82, 2.24) is 20.0 Å². The summed E-state index contributed by atoms with van der Waals surface area (Å²) in [6, 6.07) is 0. The molecule has 84 valence electrons. The van der Waals surface area contributed by atoms with Crippen LogP contribution in [0.25, 0.3) is 6.08 Å². The molecule has 1 aromatic heterocycles. The standard InChI is InChI=1S/C9H9ClN4OS/c1-13-8(15)6(12-9(13)16)3-7-5(10)4-11-14(7)2/h3-4H,1-2H3,(H,12,16)/b6-3+. The van der Waals surface area contributed by atoms with Gasteiger partial charge in [0, 0.05) is 14.1 Å². The number of hydrogen-bond acceptors (Lipinski definition) is 3. The molecule has 1 N–H and O–H groups in total. The predicted molar refractivity (Wildman–Crippen MR) is 64.7 cm³/mol. The lowest BCUT2D eigenvalue weighted by atomic mass is 10.3. The highest BCUT2D eigenvalue weighted by molar-refractivity contribution is 7.80. The Hall–Kier alpha value is -1.40. The smallest absolute Gasteiger partial charge is 0.276 e. The maximum Gasteiger partial charge on any atom is 0.276 e. The van der Waals surface area contributed by atoms with Gasteiger partial charge in [-0.15, -0.1) is 0 Å². The van der Waals surface area contributed by atoms with Gasteiger partial charge in [0.2, 0.25) is 0 Å². The van der Waals surface area contributed by atoms with Crippen molar-refractivity contribution in [3.8, 4) is 0 Å². The van der Waals surface area contributed by atoms with E-state index in [0.717, 1.165) is 0 Å². The summed E-state index contributed by atoms with van der Waals surface area (Å²) in [5.74, 6) is -0.178. The molecule has 0 aromatic carbocycles. The number of aromatic nitrogens is 2. The normalized spacial score (nSPS) is 18.4. The molecule has 5 nitrogen and oxygen atoms in total. The molecule has 1 aliphatic heterocycles. The van der Waals surface area contributed by atoms with Gasteiger partial charge in [-0.25, -0.2) is 0 Å². The molecule has 2 heterocycles. The zero-order valence-electron chi connectivity index (χ0n) is 8.69. The molecule has 1 amide bonds. The SMILES string of the molecule is CN1C(=O)/C(=C\c2c(Cl)cnn2C)NC1=S. The summed E-state index contributed by atoms with van der Waals surface area (Å²) < 4.78 is 1.59. The van der Waals surface area contributed by atoms with Crippen LogP contribution in [0.1, 0.15) is 5.69 Å². The van der Waals surface area contributed by atoms with Gasteiger partial charge >= 0.3 is 0 Å². The van der Waals surface area contributed by atoms with E-state index in [9.17, 15) is 4.79 Å². The van der Waals surface area contributed by atoms with Crippen molar-refractivity contribution in [3.63, 3.8) is 0 Å². The van der Waals surface area contributed by atoms with E-state index in [4.69, 9.17) is 23.8 Å². The first-order valence-electron chi connectivity index (χ1n) is 4.49. The summed E-state index contributed by atoms with van der Waals surface area (Å²) in [4.78, 5) is 13.1. The van der Waals surface area contributed by atoms with E-state index < -0.39 is 0 Å². The number of aryl methyl sites for hydroxylation is 1. The highest BCUT2D eigenvalue weighted by Crippen LogP contribution is 2.19.